The molecule has 4 N–H and O–H groups in total. The Morgan fingerprint density at radius 1 is 1.60 bits per heavy atom. The van der Waals surface area contributed by atoms with Crippen molar-refractivity contribution < 1.29 is 14.7 Å². The highest BCUT2D eigenvalue weighted by molar-refractivity contribution is 6.03. The molecule has 0 radical (unpaired) electrons. The third-order valence-corrected chi connectivity index (χ3v) is 1.81. The van der Waals surface area contributed by atoms with E-state index in [1.165, 1.54) is 6.07 Å². The van der Waals surface area contributed by atoms with E-state index in [9.17, 15) is 14.7 Å². The number of phenolic OH excluding ortho intramolecular Hbond substituents is 1. The normalized spacial score (nSPS) is 9.07. The zero-order valence-corrected chi connectivity index (χ0v) is 7.52. The van der Waals surface area contributed by atoms with Crippen molar-refractivity contribution in [3.63, 3.8) is 0 Å². The number of carbonyl (C=O) groups excluding carboxylic acids is 2. The highest BCUT2D eigenvalue weighted by atomic mass is 16.3. The summed E-state index contributed by atoms with van der Waals surface area (Å²) in [5, 5.41) is 18.0. The second-order valence-electron chi connectivity index (χ2n) is 2.63. The summed E-state index contributed by atoms with van der Waals surface area (Å²) in [5.41, 5.74) is 1.29. The molecule has 0 aliphatic rings. The van der Waals surface area contributed by atoms with Crippen molar-refractivity contribution in [2.45, 2.75) is 0 Å². The Hall–Kier alpha value is -2.39. The number of nitrogens with one attached hydrogen (secondary N) is 1. The van der Waals surface area contributed by atoms with Gasteiger partial charge in [-0.15, -0.1) is 0 Å². The first kappa shape index (κ1) is 10.7. The van der Waals surface area contributed by atoms with E-state index in [0.717, 1.165) is 6.07 Å². The number of hydrogen-bond donors (Lipinski definition) is 3. The summed E-state index contributed by atoms with van der Waals surface area (Å²) < 4.78 is 0. The van der Waals surface area contributed by atoms with Crippen LogP contribution in [0.2, 0.25) is 0 Å². The minimum atomic E-state index is -0.801. The molecule has 1 aromatic rings. The van der Waals surface area contributed by atoms with Gasteiger partial charge in [0.1, 0.15) is 17.4 Å². The Morgan fingerprint density at radius 2 is 2.27 bits per heavy atom. The Labute approximate surface area is 84.9 Å². The molecule has 0 saturated heterocycles. The summed E-state index contributed by atoms with van der Waals surface area (Å²) in [4.78, 5) is 21.9. The molecule has 6 nitrogen and oxygen atoms in total. The summed E-state index contributed by atoms with van der Waals surface area (Å²) in [6.07, 6.45) is 0.408. The molecule has 1 rings (SSSR count). The minimum Gasteiger partial charge on any atom is -0.507 e. The molecule has 0 bridgehead atoms. The first-order valence-electron chi connectivity index (χ1n) is 3.88. The van der Waals surface area contributed by atoms with Gasteiger partial charge in [-0.1, -0.05) is 0 Å². The van der Waals surface area contributed by atoms with E-state index in [-0.39, 0.29) is 22.4 Å². The maximum atomic E-state index is 11.3. The topological polar surface area (TPSA) is 116 Å². The molecule has 0 atom stereocenters. The number of nitrogens with zero attached hydrogens (tertiary/aromatic N) is 1. The fraction of sp³-hybridized carbons (Fsp3) is 0. The van der Waals surface area contributed by atoms with Gasteiger partial charge in [-0.05, 0) is 12.1 Å². The Morgan fingerprint density at radius 3 is 2.73 bits per heavy atom. The standard InChI is InChI=1S/C9H7N3O3/c10-3-6-7(14)2-1-5(4-13)8(6)9(15)12-11/h1-2,4,14H,11H2,(H,12,15). The molecule has 0 heterocycles. The van der Waals surface area contributed by atoms with E-state index in [1.807, 2.05) is 0 Å². The molecule has 0 unspecified atom stereocenters. The molecule has 0 spiro atoms. The number of hydrogen-bond acceptors (Lipinski definition) is 5. The van der Waals surface area contributed by atoms with Gasteiger partial charge in [0, 0.05) is 5.56 Å². The third-order valence-electron chi connectivity index (χ3n) is 1.81. The number of carbonyl (C=O) groups is 2. The number of nitrogen functional groups attached to an aromatic ring is 1. The van der Waals surface area contributed by atoms with Crippen molar-refractivity contribution in [1.29, 1.82) is 5.26 Å². The molecule has 76 valence electrons. The van der Waals surface area contributed by atoms with Crippen LogP contribution >= 0.6 is 0 Å². The number of phenols is 1. The highest BCUT2D eigenvalue weighted by Crippen LogP contribution is 2.22. The van der Waals surface area contributed by atoms with Gasteiger partial charge in [-0.3, -0.25) is 15.0 Å². The number of nitriles is 1. The van der Waals surface area contributed by atoms with Gasteiger partial charge in [-0.25, -0.2) is 5.84 Å². The molecule has 0 aliphatic carbocycles. The van der Waals surface area contributed by atoms with Gasteiger partial charge in [0.2, 0.25) is 0 Å². The summed E-state index contributed by atoms with van der Waals surface area (Å²) in [6.45, 7) is 0. The van der Waals surface area contributed by atoms with Gasteiger partial charge >= 0.3 is 0 Å². The second-order valence-corrected chi connectivity index (χ2v) is 2.63. The molecule has 6 heteroatoms. The SMILES string of the molecule is N#Cc1c(O)ccc(C=O)c1C(=O)NN. The van der Waals surface area contributed by atoms with Crippen LogP contribution in [0.25, 0.3) is 0 Å². The Balaban J connectivity index is 3.56. The molecular formula is C9H7N3O3. The maximum absolute atomic E-state index is 11.3. The fourth-order valence-corrected chi connectivity index (χ4v) is 1.14. The average Bonchev–Trinajstić information content (AvgIpc) is 2.27. The fourth-order valence-electron chi connectivity index (χ4n) is 1.14. The van der Waals surface area contributed by atoms with Crippen LogP contribution in [0.1, 0.15) is 26.3 Å². The number of aromatic hydroxyl groups is 1. The van der Waals surface area contributed by atoms with Crippen LogP contribution in [0, 0.1) is 11.3 Å². The van der Waals surface area contributed by atoms with Crippen LogP contribution in [-0.4, -0.2) is 17.3 Å². The second kappa shape index (κ2) is 4.21. The van der Waals surface area contributed by atoms with E-state index in [1.54, 1.807) is 11.5 Å². The molecule has 0 fully saturated rings. The minimum absolute atomic E-state index is 0.00713. The monoisotopic (exact) mass is 205 g/mol. The van der Waals surface area contributed by atoms with Crippen LogP contribution < -0.4 is 11.3 Å². The molecule has 0 aromatic heterocycles. The van der Waals surface area contributed by atoms with E-state index in [2.05, 4.69) is 0 Å². The summed E-state index contributed by atoms with van der Waals surface area (Å²) in [7, 11) is 0. The molecule has 15 heavy (non-hydrogen) atoms. The lowest BCUT2D eigenvalue weighted by Gasteiger charge is -2.06. The van der Waals surface area contributed by atoms with Crippen molar-refractivity contribution in [2.24, 2.45) is 5.84 Å². The number of nitrogens with two attached hydrogens (primary N) is 1. The van der Waals surface area contributed by atoms with E-state index >= 15 is 0 Å². The highest BCUT2D eigenvalue weighted by Gasteiger charge is 2.18. The van der Waals surface area contributed by atoms with Gasteiger partial charge in [0.15, 0.2) is 6.29 Å². The number of hydrazine groups is 1. The van der Waals surface area contributed by atoms with Crippen molar-refractivity contribution in [2.75, 3.05) is 0 Å². The van der Waals surface area contributed by atoms with Crippen LogP contribution in [0.3, 0.4) is 0 Å². The largest absolute Gasteiger partial charge is 0.507 e. The average molecular weight is 205 g/mol. The van der Waals surface area contributed by atoms with Crippen LogP contribution in [0.4, 0.5) is 0 Å². The number of amides is 1. The quantitative estimate of drug-likeness (QED) is 0.265. The van der Waals surface area contributed by atoms with Crippen molar-refractivity contribution in [3.05, 3.63) is 28.8 Å². The summed E-state index contributed by atoms with van der Waals surface area (Å²) in [6, 6.07) is 4.02. The zero-order valence-electron chi connectivity index (χ0n) is 7.52. The summed E-state index contributed by atoms with van der Waals surface area (Å²) in [5.74, 6) is 3.72. The first-order valence-corrected chi connectivity index (χ1v) is 3.88. The Bertz CT molecular complexity index is 462. The number of aldehydes is 1. The lowest BCUT2D eigenvalue weighted by Crippen LogP contribution is -2.31. The Kier molecular flexibility index (Phi) is 3.00. The molecule has 1 amide bonds. The van der Waals surface area contributed by atoms with Crippen molar-refractivity contribution >= 4 is 12.2 Å². The van der Waals surface area contributed by atoms with E-state index in [0.29, 0.717) is 6.29 Å². The predicted octanol–water partition coefficient (Wildman–Crippen LogP) is -0.320. The van der Waals surface area contributed by atoms with Gasteiger partial charge < -0.3 is 5.11 Å². The lowest BCUT2D eigenvalue weighted by atomic mass is 10.0. The van der Waals surface area contributed by atoms with Crippen molar-refractivity contribution in [1.82, 2.24) is 5.43 Å². The van der Waals surface area contributed by atoms with Crippen LogP contribution in [0.5, 0.6) is 5.75 Å². The van der Waals surface area contributed by atoms with Gasteiger partial charge in [-0.2, -0.15) is 5.26 Å². The van der Waals surface area contributed by atoms with Gasteiger partial charge in [0.25, 0.3) is 5.91 Å². The number of benzene rings is 1. The molecule has 0 saturated carbocycles. The maximum Gasteiger partial charge on any atom is 0.267 e. The van der Waals surface area contributed by atoms with Crippen molar-refractivity contribution in [3.8, 4) is 11.8 Å². The third kappa shape index (κ3) is 1.77. The van der Waals surface area contributed by atoms with Crippen LogP contribution in [0.15, 0.2) is 12.1 Å². The molecular weight excluding hydrogens is 198 g/mol. The van der Waals surface area contributed by atoms with E-state index in [4.69, 9.17) is 11.1 Å². The van der Waals surface area contributed by atoms with E-state index < -0.39 is 5.91 Å². The van der Waals surface area contributed by atoms with Crippen LogP contribution in [-0.2, 0) is 0 Å². The smallest absolute Gasteiger partial charge is 0.267 e. The summed E-state index contributed by atoms with van der Waals surface area (Å²) >= 11 is 0. The zero-order chi connectivity index (χ0) is 11.4. The molecule has 1 aromatic carbocycles. The lowest BCUT2D eigenvalue weighted by molar-refractivity contribution is 0.0947. The molecule has 0 aliphatic heterocycles. The van der Waals surface area contributed by atoms with Gasteiger partial charge in [0.05, 0.1) is 5.56 Å². The predicted molar refractivity (Wildman–Crippen MR) is 49.9 cm³/mol. The first-order chi connectivity index (χ1) is 7.15. The number of rotatable bonds is 2.